The standard InChI is InChI=1S/C21H29Cl2N5/c1-20(2,3)18(11-9-15-8-10-16(22)14-17(15)23)28-19(24-25-26-28)21(27(4)5)12-6-7-13-21/h8-11,14,18H,6-7,12-13H2,1-5H3/p+1/b11-9+/t18-/m1/s1. The number of halogens is 2. The molecule has 0 aliphatic heterocycles. The molecule has 0 spiro atoms. The molecule has 1 aromatic heterocycles. The van der Waals surface area contributed by atoms with Gasteiger partial charge in [-0.2, -0.15) is 0 Å². The van der Waals surface area contributed by atoms with E-state index in [2.05, 4.69) is 56.5 Å². The Morgan fingerprint density at radius 3 is 2.43 bits per heavy atom. The summed E-state index contributed by atoms with van der Waals surface area (Å²) < 4.78 is 2.03. The molecule has 1 fully saturated rings. The summed E-state index contributed by atoms with van der Waals surface area (Å²) in [6, 6.07) is 5.55. The van der Waals surface area contributed by atoms with Gasteiger partial charge in [0.05, 0.1) is 20.1 Å². The highest BCUT2D eigenvalue weighted by atomic mass is 35.5. The number of aromatic nitrogens is 4. The lowest BCUT2D eigenvalue weighted by Gasteiger charge is -2.35. The average molecular weight is 423 g/mol. The number of nitrogens with zero attached hydrogens (tertiary/aromatic N) is 4. The number of allylic oxidation sites excluding steroid dienone is 1. The van der Waals surface area contributed by atoms with Crippen molar-refractivity contribution in [1.29, 1.82) is 0 Å². The highest BCUT2D eigenvalue weighted by molar-refractivity contribution is 6.35. The minimum atomic E-state index is -0.0685. The summed E-state index contributed by atoms with van der Waals surface area (Å²) in [5, 5.41) is 14.3. The molecule has 152 valence electrons. The van der Waals surface area contributed by atoms with Gasteiger partial charge in [-0.05, 0) is 46.4 Å². The van der Waals surface area contributed by atoms with Crippen LogP contribution in [0, 0.1) is 5.41 Å². The van der Waals surface area contributed by atoms with E-state index >= 15 is 0 Å². The smallest absolute Gasteiger partial charge is 0.213 e. The van der Waals surface area contributed by atoms with Crippen LogP contribution in [-0.2, 0) is 5.54 Å². The molecule has 3 rings (SSSR count). The van der Waals surface area contributed by atoms with Gasteiger partial charge in [-0.15, -0.1) is 5.10 Å². The Labute approximate surface area is 177 Å². The summed E-state index contributed by atoms with van der Waals surface area (Å²) in [6.07, 6.45) is 8.86. The number of quaternary nitrogens is 1. The van der Waals surface area contributed by atoms with E-state index in [4.69, 9.17) is 23.2 Å². The second kappa shape index (κ2) is 8.13. The quantitative estimate of drug-likeness (QED) is 0.785. The maximum absolute atomic E-state index is 6.36. The zero-order valence-electron chi connectivity index (χ0n) is 17.3. The van der Waals surface area contributed by atoms with E-state index in [-0.39, 0.29) is 17.0 Å². The zero-order chi connectivity index (χ0) is 20.5. The van der Waals surface area contributed by atoms with Gasteiger partial charge in [-0.25, -0.2) is 4.68 Å². The maximum Gasteiger partial charge on any atom is 0.213 e. The lowest BCUT2D eigenvalue weighted by Crippen LogP contribution is -3.13. The SMILES string of the molecule is C[NH+](C)C1(c2nnnn2[C@H](/C=C/c2ccc(Cl)cc2Cl)C(C)(C)C)CCCC1. The summed E-state index contributed by atoms with van der Waals surface area (Å²) >= 11 is 12.4. The highest BCUT2D eigenvalue weighted by Crippen LogP contribution is 2.39. The van der Waals surface area contributed by atoms with Crippen LogP contribution in [0.4, 0.5) is 0 Å². The third-order valence-corrected chi connectivity index (χ3v) is 6.47. The van der Waals surface area contributed by atoms with E-state index in [1.807, 2.05) is 22.9 Å². The molecule has 0 radical (unpaired) electrons. The fraction of sp³-hybridized carbons (Fsp3) is 0.571. The topological polar surface area (TPSA) is 48.0 Å². The third-order valence-electron chi connectivity index (χ3n) is 5.91. The van der Waals surface area contributed by atoms with E-state index in [9.17, 15) is 0 Å². The molecule has 0 saturated heterocycles. The van der Waals surface area contributed by atoms with Crippen LogP contribution in [0.3, 0.4) is 0 Å². The molecule has 1 atom stereocenters. The van der Waals surface area contributed by atoms with Crippen molar-refractivity contribution < 1.29 is 4.90 Å². The fourth-order valence-corrected chi connectivity index (χ4v) is 4.66. The van der Waals surface area contributed by atoms with E-state index < -0.39 is 0 Å². The molecule has 1 aliphatic rings. The predicted molar refractivity (Wildman–Crippen MR) is 115 cm³/mol. The molecular formula is C21H30Cl2N5+. The molecule has 1 N–H and O–H groups in total. The van der Waals surface area contributed by atoms with E-state index in [0.717, 1.165) is 24.2 Å². The Kier molecular flexibility index (Phi) is 6.18. The number of tetrazole rings is 1. The van der Waals surface area contributed by atoms with Crippen molar-refractivity contribution in [3.8, 4) is 0 Å². The van der Waals surface area contributed by atoms with Crippen molar-refractivity contribution in [2.75, 3.05) is 14.1 Å². The van der Waals surface area contributed by atoms with Gasteiger partial charge >= 0.3 is 0 Å². The Hall–Kier alpha value is -1.43. The van der Waals surface area contributed by atoms with Gasteiger partial charge in [0, 0.05) is 22.9 Å². The minimum Gasteiger partial charge on any atom is -0.329 e. The lowest BCUT2D eigenvalue weighted by molar-refractivity contribution is -0.924. The van der Waals surface area contributed by atoms with Gasteiger partial charge in [-0.1, -0.05) is 62.2 Å². The second-order valence-electron chi connectivity index (χ2n) is 9.07. The molecule has 0 bridgehead atoms. The largest absolute Gasteiger partial charge is 0.329 e. The number of nitrogens with one attached hydrogen (secondary N) is 1. The van der Waals surface area contributed by atoms with Gasteiger partial charge < -0.3 is 4.90 Å². The van der Waals surface area contributed by atoms with Gasteiger partial charge in [-0.3, -0.25) is 0 Å². The van der Waals surface area contributed by atoms with Crippen molar-refractivity contribution in [2.24, 2.45) is 5.41 Å². The summed E-state index contributed by atoms with van der Waals surface area (Å²) in [6.45, 7) is 6.63. The molecule has 2 aromatic rings. The molecule has 1 heterocycles. The average Bonchev–Trinajstić information content (AvgIpc) is 3.25. The Balaban J connectivity index is 2.03. The summed E-state index contributed by atoms with van der Waals surface area (Å²) in [4.78, 5) is 1.39. The van der Waals surface area contributed by atoms with Gasteiger partial charge in [0.2, 0.25) is 5.82 Å². The van der Waals surface area contributed by atoms with Crippen molar-refractivity contribution >= 4 is 29.3 Å². The van der Waals surface area contributed by atoms with Crippen LogP contribution in [-0.4, -0.2) is 34.3 Å². The number of hydrogen-bond donors (Lipinski definition) is 1. The fourth-order valence-electron chi connectivity index (χ4n) is 4.19. The molecule has 1 aliphatic carbocycles. The van der Waals surface area contributed by atoms with Crippen LogP contribution in [0.1, 0.15) is 63.9 Å². The van der Waals surface area contributed by atoms with Crippen molar-refractivity contribution in [1.82, 2.24) is 20.2 Å². The predicted octanol–water partition coefficient (Wildman–Crippen LogP) is 4.19. The van der Waals surface area contributed by atoms with Crippen molar-refractivity contribution in [3.63, 3.8) is 0 Å². The number of benzene rings is 1. The van der Waals surface area contributed by atoms with E-state index in [1.54, 1.807) is 6.07 Å². The first kappa shape index (κ1) is 21.3. The lowest BCUT2D eigenvalue weighted by atomic mass is 9.85. The van der Waals surface area contributed by atoms with Crippen LogP contribution < -0.4 is 4.90 Å². The molecule has 5 nitrogen and oxygen atoms in total. The number of hydrogen-bond acceptors (Lipinski definition) is 3. The highest BCUT2D eigenvalue weighted by Gasteiger charge is 2.47. The van der Waals surface area contributed by atoms with E-state index in [1.165, 1.54) is 17.7 Å². The normalized spacial score (nSPS) is 18.3. The van der Waals surface area contributed by atoms with Crippen LogP contribution in [0.15, 0.2) is 24.3 Å². The Morgan fingerprint density at radius 1 is 1.18 bits per heavy atom. The summed E-state index contributed by atoms with van der Waals surface area (Å²) in [5.41, 5.74) is 0.837. The van der Waals surface area contributed by atoms with Gasteiger partial charge in [0.25, 0.3) is 0 Å². The summed E-state index contributed by atoms with van der Waals surface area (Å²) in [5.74, 6) is 0.983. The molecule has 0 unspecified atom stereocenters. The van der Waals surface area contributed by atoms with Crippen LogP contribution in [0.2, 0.25) is 10.0 Å². The minimum absolute atomic E-state index is 0.000990. The first-order valence-electron chi connectivity index (χ1n) is 9.87. The zero-order valence-corrected chi connectivity index (χ0v) is 18.8. The summed E-state index contributed by atoms with van der Waals surface area (Å²) in [7, 11) is 4.42. The Morgan fingerprint density at radius 2 is 1.86 bits per heavy atom. The molecule has 7 heteroatoms. The second-order valence-corrected chi connectivity index (χ2v) is 9.92. The first-order chi connectivity index (χ1) is 13.1. The molecular weight excluding hydrogens is 393 g/mol. The van der Waals surface area contributed by atoms with Crippen LogP contribution in [0.5, 0.6) is 0 Å². The van der Waals surface area contributed by atoms with Crippen molar-refractivity contribution in [2.45, 2.75) is 58.0 Å². The van der Waals surface area contributed by atoms with Crippen molar-refractivity contribution in [3.05, 3.63) is 45.7 Å². The monoisotopic (exact) mass is 422 g/mol. The Bertz CT molecular complexity index is 845. The molecule has 0 amide bonds. The first-order valence-corrected chi connectivity index (χ1v) is 10.6. The molecule has 1 aromatic carbocycles. The molecule has 28 heavy (non-hydrogen) atoms. The number of rotatable bonds is 5. The molecule has 1 saturated carbocycles. The van der Waals surface area contributed by atoms with Gasteiger partial charge in [0.1, 0.15) is 0 Å². The maximum atomic E-state index is 6.36. The van der Waals surface area contributed by atoms with Crippen LogP contribution >= 0.6 is 23.2 Å². The third kappa shape index (κ3) is 4.12. The van der Waals surface area contributed by atoms with Crippen LogP contribution in [0.25, 0.3) is 6.08 Å². The van der Waals surface area contributed by atoms with E-state index in [0.29, 0.717) is 10.0 Å². The van der Waals surface area contributed by atoms with Gasteiger partial charge in [0.15, 0.2) is 5.54 Å².